The van der Waals surface area contributed by atoms with Crippen molar-refractivity contribution in [2.24, 2.45) is 5.73 Å². The smallest absolute Gasteiger partial charge is 0.320 e. The Balaban J connectivity index is 1.86. The van der Waals surface area contributed by atoms with Crippen LogP contribution in [0, 0.1) is 0 Å². The molecule has 0 fully saturated rings. The van der Waals surface area contributed by atoms with Gasteiger partial charge in [0.15, 0.2) is 0 Å². The van der Waals surface area contributed by atoms with E-state index in [1.807, 2.05) is 0 Å². The number of nitrogens with one attached hydrogen (secondary N) is 2. The Bertz CT molecular complexity index is 985. The number of primary amides is 1. The molecule has 2 aromatic carbocycles. The predicted molar refractivity (Wildman–Crippen MR) is 97.2 cm³/mol. The number of carbonyl (C=O) groups is 2. The molecule has 27 heavy (non-hydrogen) atoms. The number of amides is 3. The van der Waals surface area contributed by atoms with Gasteiger partial charge in [-0.15, -0.1) is 0 Å². The second kappa shape index (κ2) is 7.40. The summed E-state index contributed by atoms with van der Waals surface area (Å²) in [6, 6.07) is 11.3. The van der Waals surface area contributed by atoms with Gasteiger partial charge < -0.3 is 16.4 Å². The number of halogens is 2. The first-order chi connectivity index (χ1) is 12.9. The third-order valence-electron chi connectivity index (χ3n) is 3.95. The molecule has 0 radical (unpaired) electrons. The van der Waals surface area contributed by atoms with Gasteiger partial charge in [0.25, 0.3) is 0 Å². The lowest BCUT2D eigenvalue weighted by molar-refractivity contribution is -0.117. The zero-order valence-corrected chi connectivity index (χ0v) is 14.3. The number of nitrogens with two attached hydrogens (primary N) is 1. The SMILES string of the molecule is C[C@H](NC(N)=O)C(=O)Nc1ccc(-c2nc3ccccc3n2C(F)F)cc1. The Kier molecular flexibility index (Phi) is 5.02. The van der Waals surface area contributed by atoms with Gasteiger partial charge in [-0.05, 0) is 43.3 Å². The molecule has 1 heterocycles. The number of rotatable bonds is 5. The van der Waals surface area contributed by atoms with Crippen LogP contribution < -0.4 is 16.4 Å². The van der Waals surface area contributed by atoms with E-state index in [0.717, 1.165) is 4.57 Å². The summed E-state index contributed by atoms with van der Waals surface area (Å²) >= 11 is 0. The summed E-state index contributed by atoms with van der Waals surface area (Å²) < 4.78 is 27.9. The first kappa shape index (κ1) is 18.3. The number of benzene rings is 2. The van der Waals surface area contributed by atoms with Crippen molar-refractivity contribution >= 4 is 28.7 Å². The lowest BCUT2D eigenvalue weighted by atomic mass is 10.2. The van der Waals surface area contributed by atoms with Crippen LogP contribution in [0.4, 0.5) is 19.3 Å². The fourth-order valence-corrected chi connectivity index (χ4v) is 2.68. The Morgan fingerprint density at radius 1 is 1.11 bits per heavy atom. The Labute approximate surface area is 153 Å². The summed E-state index contributed by atoms with van der Waals surface area (Å²) in [4.78, 5) is 27.0. The molecule has 0 saturated heterocycles. The molecule has 3 aromatic rings. The Morgan fingerprint density at radius 3 is 2.41 bits per heavy atom. The molecule has 0 bridgehead atoms. The molecule has 140 valence electrons. The molecule has 3 rings (SSSR count). The number of urea groups is 1. The minimum atomic E-state index is -2.74. The molecular formula is C18H17F2N5O2. The molecule has 0 saturated carbocycles. The minimum Gasteiger partial charge on any atom is -0.352 e. The van der Waals surface area contributed by atoms with E-state index < -0.39 is 24.5 Å². The van der Waals surface area contributed by atoms with Crippen LogP contribution in [0.3, 0.4) is 0 Å². The maximum atomic E-state index is 13.5. The number of hydrogen-bond acceptors (Lipinski definition) is 3. The minimum absolute atomic E-state index is 0.132. The topological polar surface area (TPSA) is 102 Å². The van der Waals surface area contributed by atoms with Crippen LogP contribution in [0.25, 0.3) is 22.4 Å². The van der Waals surface area contributed by atoms with Gasteiger partial charge in [-0.1, -0.05) is 12.1 Å². The van der Waals surface area contributed by atoms with Crippen molar-refractivity contribution in [3.8, 4) is 11.4 Å². The highest BCUT2D eigenvalue weighted by Gasteiger charge is 2.19. The van der Waals surface area contributed by atoms with E-state index in [4.69, 9.17) is 5.73 Å². The van der Waals surface area contributed by atoms with Gasteiger partial charge in [-0.2, -0.15) is 8.78 Å². The van der Waals surface area contributed by atoms with Crippen molar-refractivity contribution < 1.29 is 18.4 Å². The maximum Gasteiger partial charge on any atom is 0.320 e. The number of nitrogens with zero attached hydrogens (tertiary/aromatic N) is 2. The van der Waals surface area contributed by atoms with Gasteiger partial charge in [-0.3, -0.25) is 9.36 Å². The molecule has 0 spiro atoms. The lowest BCUT2D eigenvalue weighted by Gasteiger charge is -2.13. The molecule has 0 aliphatic heterocycles. The predicted octanol–water partition coefficient (Wildman–Crippen LogP) is 3.09. The molecule has 0 aliphatic carbocycles. The highest BCUT2D eigenvalue weighted by molar-refractivity contribution is 5.96. The van der Waals surface area contributed by atoms with Gasteiger partial charge >= 0.3 is 12.6 Å². The van der Waals surface area contributed by atoms with Crippen LogP contribution >= 0.6 is 0 Å². The standard InChI is InChI=1S/C18H17F2N5O2/c1-10(22-18(21)27)16(26)23-12-8-6-11(7-9-12)15-24-13-4-2-3-5-14(13)25(15)17(19)20/h2-10,17H,1H3,(H,23,26)(H3,21,22,27)/t10-/m0/s1. The number of anilines is 1. The normalized spacial score (nSPS) is 12.1. The number of aromatic nitrogens is 2. The fraction of sp³-hybridized carbons (Fsp3) is 0.167. The molecule has 1 atom stereocenters. The third-order valence-corrected chi connectivity index (χ3v) is 3.95. The second-order valence-electron chi connectivity index (χ2n) is 5.87. The number of para-hydroxylation sites is 2. The average molecular weight is 373 g/mol. The maximum absolute atomic E-state index is 13.5. The average Bonchev–Trinajstić information content (AvgIpc) is 3.01. The monoisotopic (exact) mass is 373 g/mol. The van der Waals surface area contributed by atoms with Gasteiger partial charge in [0, 0.05) is 11.3 Å². The van der Waals surface area contributed by atoms with Crippen molar-refractivity contribution in [3.05, 3.63) is 48.5 Å². The number of hydrogen-bond donors (Lipinski definition) is 3. The van der Waals surface area contributed by atoms with Gasteiger partial charge in [0.05, 0.1) is 11.0 Å². The van der Waals surface area contributed by atoms with Gasteiger partial charge in [0.2, 0.25) is 5.91 Å². The molecule has 1 aromatic heterocycles. The summed E-state index contributed by atoms with van der Waals surface area (Å²) in [5, 5.41) is 4.87. The van der Waals surface area contributed by atoms with Crippen molar-refractivity contribution in [2.75, 3.05) is 5.32 Å². The van der Waals surface area contributed by atoms with E-state index >= 15 is 0 Å². The Hall–Kier alpha value is -3.49. The highest BCUT2D eigenvalue weighted by atomic mass is 19.3. The van der Waals surface area contributed by atoms with Crippen LogP contribution in [-0.4, -0.2) is 27.5 Å². The molecule has 0 unspecified atom stereocenters. The first-order valence-corrected chi connectivity index (χ1v) is 8.09. The van der Waals surface area contributed by atoms with Crippen LogP contribution in [0.2, 0.25) is 0 Å². The quantitative estimate of drug-likeness (QED) is 0.640. The highest BCUT2D eigenvalue weighted by Crippen LogP contribution is 2.30. The van der Waals surface area contributed by atoms with Crippen LogP contribution in [-0.2, 0) is 4.79 Å². The molecule has 3 amide bonds. The summed E-state index contributed by atoms with van der Waals surface area (Å²) in [6.07, 6.45) is 0. The van der Waals surface area contributed by atoms with Crippen molar-refractivity contribution in [1.82, 2.24) is 14.9 Å². The van der Waals surface area contributed by atoms with E-state index in [2.05, 4.69) is 15.6 Å². The molecule has 7 nitrogen and oxygen atoms in total. The van der Waals surface area contributed by atoms with Crippen molar-refractivity contribution in [1.29, 1.82) is 0 Å². The van der Waals surface area contributed by atoms with Crippen LogP contribution in [0.1, 0.15) is 13.5 Å². The summed E-state index contributed by atoms with van der Waals surface area (Å²) in [5.74, 6) is -0.325. The van der Waals surface area contributed by atoms with E-state index in [-0.39, 0.29) is 5.82 Å². The van der Waals surface area contributed by atoms with E-state index in [0.29, 0.717) is 22.3 Å². The number of alkyl halides is 2. The Morgan fingerprint density at radius 2 is 1.78 bits per heavy atom. The number of imidazole rings is 1. The van der Waals surface area contributed by atoms with E-state index in [9.17, 15) is 18.4 Å². The number of fused-ring (bicyclic) bond motifs is 1. The fourth-order valence-electron chi connectivity index (χ4n) is 2.68. The third kappa shape index (κ3) is 3.86. The van der Waals surface area contributed by atoms with Crippen molar-refractivity contribution in [2.45, 2.75) is 19.5 Å². The van der Waals surface area contributed by atoms with Crippen LogP contribution in [0.5, 0.6) is 0 Å². The molecule has 0 aliphatic rings. The second-order valence-corrected chi connectivity index (χ2v) is 5.87. The van der Waals surface area contributed by atoms with Crippen LogP contribution in [0.15, 0.2) is 48.5 Å². The summed E-state index contributed by atoms with van der Waals surface area (Å²) in [5.41, 5.74) is 6.71. The summed E-state index contributed by atoms with van der Waals surface area (Å²) in [6.45, 7) is -1.26. The van der Waals surface area contributed by atoms with E-state index in [1.165, 1.54) is 6.92 Å². The van der Waals surface area contributed by atoms with Gasteiger partial charge in [-0.25, -0.2) is 9.78 Å². The zero-order chi connectivity index (χ0) is 19.6. The lowest BCUT2D eigenvalue weighted by Crippen LogP contribution is -2.44. The summed E-state index contributed by atoms with van der Waals surface area (Å²) in [7, 11) is 0. The van der Waals surface area contributed by atoms with Crippen molar-refractivity contribution in [3.63, 3.8) is 0 Å². The largest absolute Gasteiger partial charge is 0.352 e. The molecular weight excluding hydrogens is 356 g/mol. The van der Waals surface area contributed by atoms with E-state index in [1.54, 1.807) is 48.5 Å². The molecule has 9 heteroatoms. The number of carbonyl (C=O) groups excluding carboxylic acids is 2. The molecule has 4 N–H and O–H groups in total. The van der Waals surface area contributed by atoms with Gasteiger partial charge in [0.1, 0.15) is 11.9 Å². The zero-order valence-electron chi connectivity index (χ0n) is 14.3. The first-order valence-electron chi connectivity index (χ1n) is 8.09.